The number of rotatable bonds is 4. The van der Waals surface area contributed by atoms with Crippen LogP contribution in [0.2, 0.25) is 0 Å². The third-order valence-electron chi connectivity index (χ3n) is 13.7. The molecule has 1 aromatic heterocycles. The van der Waals surface area contributed by atoms with E-state index in [1.54, 1.807) is 11.1 Å². The van der Waals surface area contributed by atoms with Gasteiger partial charge < -0.3 is 9.32 Å². The Kier molecular flexibility index (Phi) is 6.16. The summed E-state index contributed by atoms with van der Waals surface area (Å²) >= 11 is 0. The summed E-state index contributed by atoms with van der Waals surface area (Å²) in [5, 5.41) is 4.45. The van der Waals surface area contributed by atoms with Crippen molar-refractivity contribution in [2.75, 3.05) is 4.90 Å². The van der Waals surface area contributed by atoms with Gasteiger partial charge in [-0.1, -0.05) is 97.1 Å². The lowest BCUT2D eigenvalue weighted by molar-refractivity contribution is -0.0399. The van der Waals surface area contributed by atoms with E-state index in [1.807, 2.05) is 30.3 Å². The Morgan fingerprint density at radius 3 is 1.98 bits per heavy atom. The number of anilines is 3. The summed E-state index contributed by atoms with van der Waals surface area (Å²) in [7, 11) is 0. The Hall–Kier alpha value is -5.67. The van der Waals surface area contributed by atoms with Gasteiger partial charge in [0.25, 0.3) is 0 Å². The Bertz CT molecular complexity index is 2750. The molecule has 4 bridgehead atoms. The highest BCUT2D eigenvalue weighted by Crippen LogP contribution is 2.69. The number of hydrogen-bond donors (Lipinski definition) is 0. The molecule has 53 heavy (non-hydrogen) atoms. The zero-order valence-corrected chi connectivity index (χ0v) is 29.4. The van der Waals surface area contributed by atoms with Gasteiger partial charge >= 0.3 is 0 Å². The van der Waals surface area contributed by atoms with Gasteiger partial charge in [0.2, 0.25) is 0 Å². The van der Waals surface area contributed by atoms with Gasteiger partial charge in [-0.15, -0.1) is 0 Å². The Morgan fingerprint density at radius 2 is 1.15 bits per heavy atom. The van der Waals surface area contributed by atoms with Crippen LogP contribution in [-0.4, -0.2) is 0 Å². The second kappa shape index (κ2) is 10.9. The van der Waals surface area contributed by atoms with Crippen molar-refractivity contribution in [3.8, 4) is 22.3 Å². The molecule has 4 saturated carbocycles. The van der Waals surface area contributed by atoms with Crippen LogP contribution in [0.5, 0.6) is 0 Å². The van der Waals surface area contributed by atoms with E-state index in [0.717, 1.165) is 68.1 Å². The number of para-hydroxylation sites is 2. The highest BCUT2D eigenvalue weighted by molar-refractivity contribution is 6.12. The largest absolute Gasteiger partial charge is 0.454 e. The molecule has 1 heterocycles. The SMILES string of the molecule is Fc1ccc(N(c2cccc3c(-c4ccc5c(c4)-c4ccccc4C54C5CC6CC(C5)CC4C6)cccc23)c2cccc3c2oc2ccccc23)cc1. The lowest BCUT2D eigenvalue weighted by Crippen LogP contribution is -2.55. The van der Waals surface area contributed by atoms with E-state index in [2.05, 4.69) is 108 Å². The van der Waals surface area contributed by atoms with Crippen LogP contribution >= 0.6 is 0 Å². The lowest BCUT2D eigenvalue weighted by atomic mass is 9.43. The molecule has 0 amide bonds. The number of halogens is 1. The number of hydrogen-bond acceptors (Lipinski definition) is 2. The fourth-order valence-corrected chi connectivity index (χ4v) is 12.0. The van der Waals surface area contributed by atoms with Crippen LogP contribution in [0.25, 0.3) is 55.0 Å². The minimum Gasteiger partial charge on any atom is -0.454 e. The molecule has 0 atom stereocenters. The smallest absolute Gasteiger partial charge is 0.159 e. The van der Waals surface area contributed by atoms with Gasteiger partial charge in [-0.05, 0) is 143 Å². The monoisotopic (exact) mass is 687 g/mol. The molecule has 0 aliphatic heterocycles. The average molecular weight is 688 g/mol. The molecule has 0 radical (unpaired) electrons. The first-order chi connectivity index (χ1) is 26.1. The molecule has 0 unspecified atom stereocenters. The molecule has 13 rings (SSSR count). The first-order valence-corrected chi connectivity index (χ1v) is 19.4. The van der Waals surface area contributed by atoms with Gasteiger partial charge in [0.15, 0.2) is 5.58 Å². The molecule has 0 saturated heterocycles. The van der Waals surface area contributed by atoms with Crippen molar-refractivity contribution in [2.24, 2.45) is 23.7 Å². The number of benzene rings is 7. The van der Waals surface area contributed by atoms with Crippen LogP contribution in [0, 0.1) is 29.5 Å². The van der Waals surface area contributed by atoms with Crippen molar-refractivity contribution < 1.29 is 8.81 Å². The fraction of sp³-hybridized carbons (Fsp3) is 0.200. The predicted molar refractivity (Wildman–Crippen MR) is 215 cm³/mol. The number of fused-ring (bicyclic) bond motifs is 7. The van der Waals surface area contributed by atoms with E-state index < -0.39 is 0 Å². The highest BCUT2D eigenvalue weighted by Gasteiger charge is 2.61. The van der Waals surface area contributed by atoms with Gasteiger partial charge in [0, 0.05) is 27.3 Å². The Balaban J connectivity index is 1.05. The van der Waals surface area contributed by atoms with Gasteiger partial charge in [-0.3, -0.25) is 0 Å². The fourth-order valence-electron chi connectivity index (χ4n) is 12.0. The second-order valence-electron chi connectivity index (χ2n) is 16.2. The summed E-state index contributed by atoms with van der Waals surface area (Å²) in [6.45, 7) is 0. The molecule has 3 heteroatoms. The summed E-state index contributed by atoms with van der Waals surface area (Å²) in [5.41, 5.74) is 13.1. The molecule has 2 nitrogen and oxygen atoms in total. The zero-order chi connectivity index (χ0) is 34.8. The quantitative estimate of drug-likeness (QED) is 0.183. The summed E-state index contributed by atoms with van der Waals surface area (Å²) in [5.74, 6) is 3.10. The van der Waals surface area contributed by atoms with E-state index in [-0.39, 0.29) is 11.2 Å². The second-order valence-corrected chi connectivity index (χ2v) is 16.2. The molecule has 1 spiro atoms. The van der Waals surface area contributed by atoms with Gasteiger partial charge in [0.05, 0.1) is 11.4 Å². The predicted octanol–water partition coefficient (Wildman–Crippen LogP) is 13.7. The third-order valence-corrected chi connectivity index (χ3v) is 13.7. The zero-order valence-electron chi connectivity index (χ0n) is 29.4. The summed E-state index contributed by atoms with van der Waals surface area (Å²) in [4.78, 5) is 2.23. The minimum atomic E-state index is -0.260. The molecular formula is C50H38FNO. The van der Waals surface area contributed by atoms with E-state index in [4.69, 9.17) is 4.42 Å². The number of furan rings is 1. The van der Waals surface area contributed by atoms with Crippen molar-refractivity contribution >= 4 is 49.8 Å². The van der Waals surface area contributed by atoms with Crippen LogP contribution in [0.4, 0.5) is 21.5 Å². The maximum Gasteiger partial charge on any atom is 0.159 e. The minimum absolute atomic E-state index is 0.164. The molecular weight excluding hydrogens is 650 g/mol. The standard InChI is InChI=1S/C50H38FNO/c51-35-19-21-36(22-20-35)52(47-16-7-13-42-41-9-2-4-17-48(41)53-49(42)47)46-15-6-11-38-37(10-5-12-40(38)46)32-18-23-45-43(29-32)39-8-1-3-14-44(39)50(45)33-25-30-24-31(27-33)28-34(50)26-30/h1-23,29-31,33-34H,24-28H2. The van der Waals surface area contributed by atoms with E-state index >= 15 is 0 Å². The van der Waals surface area contributed by atoms with Crippen LogP contribution in [0.3, 0.4) is 0 Å². The van der Waals surface area contributed by atoms with Crippen LogP contribution in [0.1, 0.15) is 43.2 Å². The van der Waals surface area contributed by atoms with E-state index in [0.29, 0.717) is 0 Å². The van der Waals surface area contributed by atoms with Crippen molar-refractivity contribution in [1.82, 2.24) is 0 Å². The van der Waals surface area contributed by atoms with Crippen molar-refractivity contribution in [3.05, 3.63) is 163 Å². The van der Waals surface area contributed by atoms with Crippen molar-refractivity contribution in [3.63, 3.8) is 0 Å². The molecule has 7 aromatic carbocycles. The Labute approximate surface area is 308 Å². The van der Waals surface area contributed by atoms with Gasteiger partial charge in [0.1, 0.15) is 11.4 Å². The number of nitrogens with zero attached hydrogens (tertiary/aromatic N) is 1. The molecule has 256 valence electrons. The molecule has 4 fully saturated rings. The molecule has 5 aliphatic carbocycles. The van der Waals surface area contributed by atoms with Crippen LogP contribution in [0.15, 0.2) is 150 Å². The Morgan fingerprint density at radius 1 is 0.509 bits per heavy atom. The lowest BCUT2D eigenvalue weighted by Gasteiger charge is -2.61. The van der Waals surface area contributed by atoms with E-state index in [1.165, 1.54) is 71.9 Å². The summed E-state index contributed by atoms with van der Waals surface area (Å²) < 4.78 is 21.0. The topological polar surface area (TPSA) is 16.4 Å². The molecule has 8 aromatic rings. The van der Waals surface area contributed by atoms with Gasteiger partial charge in [-0.2, -0.15) is 0 Å². The first kappa shape index (κ1) is 29.9. The van der Waals surface area contributed by atoms with Crippen molar-refractivity contribution in [1.29, 1.82) is 0 Å². The van der Waals surface area contributed by atoms with E-state index in [9.17, 15) is 4.39 Å². The highest BCUT2D eigenvalue weighted by atomic mass is 19.1. The third kappa shape index (κ3) is 4.08. The summed E-state index contributed by atoms with van der Waals surface area (Å²) in [6, 6.07) is 51.3. The maximum atomic E-state index is 14.4. The summed E-state index contributed by atoms with van der Waals surface area (Å²) in [6.07, 6.45) is 7.02. The molecule has 0 N–H and O–H groups in total. The van der Waals surface area contributed by atoms with Gasteiger partial charge in [-0.25, -0.2) is 4.39 Å². The van der Waals surface area contributed by atoms with Crippen LogP contribution < -0.4 is 4.90 Å². The first-order valence-electron chi connectivity index (χ1n) is 19.4. The maximum absolute atomic E-state index is 14.4. The molecule has 5 aliphatic rings. The normalized spacial score (nSPS) is 23.6. The van der Waals surface area contributed by atoms with Crippen molar-refractivity contribution in [2.45, 2.75) is 37.5 Å². The average Bonchev–Trinajstić information content (AvgIpc) is 3.72. The van der Waals surface area contributed by atoms with Crippen LogP contribution in [-0.2, 0) is 5.41 Å².